The first-order valence-electron chi connectivity index (χ1n) is 13.3. The molecule has 2 aliphatic heterocycles. The van der Waals surface area contributed by atoms with Gasteiger partial charge in [-0.25, -0.2) is 4.79 Å². The minimum atomic E-state index is -0.901. The maximum atomic E-state index is 13.6. The van der Waals surface area contributed by atoms with Crippen LogP contribution in [0.4, 0.5) is 0 Å². The normalized spacial score (nSPS) is 27.5. The van der Waals surface area contributed by atoms with Crippen LogP contribution in [0.3, 0.4) is 0 Å². The van der Waals surface area contributed by atoms with E-state index in [1.807, 2.05) is 32.9 Å². The van der Waals surface area contributed by atoms with Crippen LogP contribution < -0.4 is 14.8 Å². The molecule has 5 atom stereocenters. The number of nitrogens with one attached hydrogen (secondary N) is 1. The van der Waals surface area contributed by atoms with Crippen molar-refractivity contribution in [1.29, 1.82) is 0 Å². The molecule has 39 heavy (non-hydrogen) atoms. The van der Waals surface area contributed by atoms with Crippen LogP contribution in [-0.2, 0) is 23.7 Å². The molecular formula is C29H41NO9. The van der Waals surface area contributed by atoms with Crippen molar-refractivity contribution in [2.75, 3.05) is 27.1 Å². The van der Waals surface area contributed by atoms with E-state index in [0.29, 0.717) is 43.1 Å². The summed E-state index contributed by atoms with van der Waals surface area (Å²) in [4.78, 5) is 24.7. The number of aliphatic hydroxyl groups is 1. The average Bonchev–Trinajstić information content (AvgIpc) is 3.19. The topological polar surface area (TPSA) is 122 Å². The van der Waals surface area contributed by atoms with Crippen molar-refractivity contribution in [2.24, 2.45) is 5.92 Å². The van der Waals surface area contributed by atoms with Crippen LogP contribution >= 0.6 is 0 Å². The number of hydrogen-bond acceptors (Lipinski definition) is 9. The summed E-state index contributed by atoms with van der Waals surface area (Å²) in [5.74, 6) is -0.987. The lowest BCUT2D eigenvalue weighted by Gasteiger charge is -2.23. The fourth-order valence-electron chi connectivity index (χ4n) is 4.39. The van der Waals surface area contributed by atoms with E-state index in [2.05, 4.69) is 5.32 Å². The van der Waals surface area contributed by atoms with E-state index in [4.69, 9.17) is 28.4 Å². The summed E-state index contributed by atoms with van der Waals surface area (Å²) in [6.07, 6.45) is 5.69. The van der Waals surface area contributed by atoms with Crippen molar-refractivity contribution in [2.45, 2.75) is 77.7 Å². The van der Waals surface area contributed by atoms with Crippen molar-refractivity contribution >= 4 is 18.0 Å². The number of benzene rings is 1. The van der Waals surface area contributed by atoms with Crippen LogP contribution in [0.5, 0.6) is 11.5 Å². The molecule has 216 valence electrons. The number of amides is 1. The van der Waals surface area contributed by atoms with Crippen molar-refractivity contribution in [3.05, 3.63) is 41.5 Å². The Morgan fingerprint density at radius 2 is 1.90 bits per heavy atom. The molecule has 1 unspecified atom stereocenters. The highest BCUT2D eigenvalue weighted by Gasteiger charge is 2.43. The van der Waals surface area contributed by atoms with E-state index in [1.165, 1.54) is 14.0 Å². The molecule has 0 aromatic heterocycles. The molecule has 2 heterocycles. The number of fused-ring (bicyclic) bond motifs is 2. The third-order valence-electron chi connectivity index (χ3n) is 6.51. The number of ether oxygens (including phenoxy) is 6. The van der Waals surface area contributed by atoms with Gasteiger partial charge in [-0.05, 0) is 45.7 Å². The molecule has 2 N–H and O–H groups in total. The maximum absolute atomic E-state index is 13.6. The minimum Gasteiger partial charge on any atom is -0.493 e. The number of carbonyl (C=O) groups is 2. The van der Waals surface area contributed by atoms with E-state index in [1.54, 1.807) is 31.2 Å². The van der Waals surface area contributed by atoms with Gasteiger partial charge in [-0.15, -0.1) is 0 Å². The summed E-state index contributed by atoms with van der Waals surface area (Å²) in [6.45, 7) is 9.50. The van der Waals surface area contributed by atoms with Gasteiger partial charge < -0.3 is 38.8 Å². The van der Waals surface area contributed by atoms with Gasteiger partial charge in [-0.1, -0.05) is 31.2 Å². The number of rotatable bonds is 8. The lowest BCUT2D eigenvalue weighted by atomic mass is 9.98. The molecule has 0 aliphatic carbocycles. The van der Waals surface area contributed by atoms with Gasteiger partial charge in [0, 0.05) is 32.1 Å². The molecule has 0 radical (unpaired) electrons. The van der Waals surface area contributed by atoms with Crippen molar-refractivity contribution in [3.63, 3.8) is 0 Å². The first-order valence-corrected chi connectivity index (χ1v) is 13.3. The molecule has 1 aromatic carbocycles. The molecular weight excluding hydrogens is 506 g/mol. The Hall–Kier alpha value is -2.92. The zero-order chi connectivity index (χ0) is 28.6. The Kier molecular flexibility index (Phi) is 10.9. The van der Waals surface area contributed by atoms with Crippen molar-refractivity contribution in [3.8, 4) is 11.5 Å². The largest absolute Gasteiger partial charge is 0.493 e. The predicted molar refractivity (Wildman–Crippen MR) is 144 cm³/mol. The molecule has 1 fully saturated rings. The highest BCUT2D eigenvalue weighted by molar-refractivity contribution is 5.98. The Balaban J connectivity index is 2.02. The van der Waals surface area contributed by atoms with Crippen LogP contribution in [0, 0.1) is 5.92 Å². The van der Waals surface area contributed by atoms with Gasteiger partial charge in [-0.3, -0.25) is 4.79 Å². The number of carbonyl (C=O) groups excluding carboxylic acids is 2. The second-order valence-electron chi connectivity index (χ2n) is 10.2. The molecule has 1 saturated heterocycles. The molecule has 2 aliphatic rings. The van der Waals surface area contributed by atoms with Crippen LogP contribution in [0.2, 0.25) is 0 Å². The first kappa shape index (κ1) is 30.6. The summed E-state index contributed by atoms with van der Waals surface area (Å²) in [7, 11) is 1.50. The third kappa shape index (κ3) is 8.53. The summed E-state index contributed by atoms with van der Waals surface area (Å²) in [5, 5.41) is 13.6. The molecule has 3 rings (SSSR count). The minimum absolute atomic E-state index is 0.0586. The van der Waals surface area contributed by atoms with E-state index < -0.39 is 36.2 Å². The fraction of sp³-hybridized carbons (Fsp3) is 0.586. The second-order valence-corrected chi connectivity index (χ2v) is 10.2. The number of aliphatic hydroxyl groups excluding tert-OH is 1. The monoisotopic (exact) mass is 547 g/mol. The maximum Gasteiger partial charge on any atom is 0.342 e. The zero-order valence-corrected chi connectivity index (χ0v) is 23.6. The van der Waals surface area contributed by atoms with E-state index in [0.717, 1.165) is 0 Å². The van der Waals surface area contributed by atoms with E-state index >= 15 is 0 Å². The zero-order valence-electron chi connectivity index (χ0n) is 23.6. The Morgan fingerprint density at radius 3 is 2.62 bits per heavy atom. The van der Waals surface area contributed by atoms with Crippen LogP contribution in [0.15, 0.2) is 30.4 Å². The second kappa shape index (κ2) is 13.9. The van der Waals surface area contributed by atoms with E-state index in [-0.39, 0.29) is 24.2 Å². The van der Waals surface area contributed by atoms with Gasteiger partial charge in [0.15, 0.2) is 12.6 Å². The number of hydrogen-bond donors (Lipinski definition) is 2. The summed E-state index contributed by atoms with van der Waals surface area (Å²) in [5.41, 5.74) is 0.694. The SMILES string of the molecule is COCOc1ccc(OCCCNC(C)=O)c2c1C(=O)O[C@@H](C)[C@H](C)/C=C\C(O)[C@H]1OC(C)(C)O[C@H]1CC=C2. The van der Waals surface area contributed by atoms with Gasteiger partial charge in [0.1, 0.15) is 35.4 Å². The number of cyclic esters (lactones) is 1. The molecule has 0 bridgehead atoms. The smallest absolute Gasteiger partial charge is 0.342 e. The lowest BCUT2D eigenvalue weighted by molar-refractivity contribution is -0.152. The van der Waals surface area contributed by atoms with Crippen molar-refractivity contribution < 1.29 is 43.1 Å². The first-order chi connectivity index (χ1) is 18.5. The van der Waals surface area contributed by atoms with Crippen molar-refractivity contribution in [1.82, 2.24) is 5.32 Å². The molecule has 10 nitrogen and oxygen atoms in total. The molecule has 1 amide bonds. The average molecular weight is 548 g/mol. The van der Waals surface area contributed by atoms with Gasteiger partial charge in [0.25, 0.3) is 0 Å². The summed E-state index contributed by atoms with van der Waals surface area (Å²) in [6, 6.07) is 3.37. The van der Waals surface area contributed by atoms with Gasteiger partial charge in [0.05, 0.1) is 12.7 Å². The van der Waals surface area contributed by atoms with Gasteiger partial charge in [0.2, 0.25) is 5.91 Å². The van der Waals surface area contributed by atoms with Crippen LogP contribution in [0.25, 0.3) is 6.08 Å². The quantitative estimate of drug-likeness (QED) is 0.218. The summed E-state index contributed by atoms with van der Waals surface area (Å²) >= 11 is 0. The Labute approximate surface area is 230 Å². The van der Waals surface area contributed by atoms with Crippen LogP contribution in [0.1, 0.15) is 63.4 Å². The highest BCUT2D eigenvalue weighted by Crippen LogP contribution is 2.36. The standard InChI is InChI=1S/C29H41NO9/c1-18-11-12-22(32)27-25(38-29(4,5)39-27)10-7-9-21-23(35-16-8-15-30-20(3)31)13-14-24(36-17-34-6)26(21)28(33)37-19(18)2/h7,9,11-14,18-19,22,25,27,32H,8,10,15-17H2,1-6H3,(H,30,31)/b9-7?,12-11-/t18-,19+,22?,25+,27-/m1/s1. The van der Waals surface area contributed by atoms with Crippen LogP contribution in [-0.4, -0.2) is 74.2 Å². The Morgan fingerprint density at radius 1 is 1.15 bits per heavy atom. The molecule has 1 aromatic rings. The Bertz CT molecular complexity index is 1050. The van der Waals surface area contributed by atoms with Gasteiger partial charge in [-0.2, -0.15) is 0 Å². The molecule has 0 spiro atoms. The third-order valence-corrected chi connectivity index (χ3v) is 6.51. The van der Waals surface area contributed by atoms with E-state index in [9.17, 15) is 14.7 Å². The number of esters is 1. The summed E-state index contributed by atoms with van der Waals surface area (Å²) < 4.78 is 34.8. The lowest BCUT2D eigenvalue weighted by Crippen LogP contribution is -2.34. The molecule has 0 saturated carbocycles. The predicted octanol–water partition coefficient (Wildman–Crippen LogP) is 3.61. The highest BCUT2D eigenvalue weighted by atomic mass is 16.8. The molecule has 10 heteroatoms. The fourth-order valence-corrected chi connectivity index (χ4v) is 4.39. The van der Waals surface area contributed by atoms with Gasteiger partial charge >= 0.3 is 5.97 Å². The number of methoxy groups -OCH3 is 1.